The Hall–Kier alpha value is -0.590. The quantitative estimate of drug-likeness (QED) is 0.774. The van der Waals surface area contributed by atoms with E-state index in [0.29, 0.717) is 31.3 Å². The Morgan fingerprint density at radius 1 is 1.56 bits per heavy atom. The minimum atomic E-state index is -0.356. The molecule has 1 aromatic rings. The predicted molar refractivity (Wildman–Crippen MR) is 60.6 cm³/mol. The first-order valence-electron chi connectivity index (χ1n) is 5.47. The third-order valence-corrected chi connectivity index (χ3v) is 3.70. The van der Waals surface area contributed by atoms with Gasteiger partial charge in [0.15, 0.2) is 5.82 Å². The Balaban J connectivity index is 1.91. The van der Waals surface area contributed by atoms with Crippen molar-refractivity contribution in [1.29, 1.82) is 0 Å². The monoisotopic (exact) mass is 244 g/mol. The van der Waals surface area contributed by atoms with E-state index in [1.54, 1.807) is 11.8 Å². The normalized spacial score (nSPS) is 25.1. The number of aliphatic hydroxyl groups is 1. The minimum Gasteiger partial charge on any atom is -0.391 e. The second-order valence-corrected chi connectivity index (χ2v) is 4.78. The summed E-state index contributed by atoms with van der Waals surface area (Å²) >= 11 is 1.71. The molecule has 2 rings (SSSR count). The van der Waals surface area contributed by atoms with Crippen molar-refractivity contribution in [1.82, 2.24) is 10.1 Å². The Morgan fingerprint density at radius 2 is 2.44 bits per heavy atom. The van der Waals surface area contributed by atoms with Crippen molar-refractivity contribution in [2.24, 2.45) is 0 Å². The van der Waals surface area contributed by atoms with Crippen molar-refractivity contribution in [3.8, 4) is 0 Å². The lowest BCUT2D eigenvalue weighted by molar-refractivity contribution is 0.149. The number of thioether (sulfide) groups is 1. The summed E-state index contributed by atoms with van der Waals surface area (Å²) in [6.45, 7) is 3.26. The van der Waals surface area contributed by atoms with E-state index >= 15 is 0 Å². The first-order chi connectivity index (χ1) is 7.81. The summed E-state index contributed by atoms with van der Waals surface area (Å²) in [4.78, 5) is 4.28. The molecule has 1 fully saturated rings. The lowest BCUT2D eigenvalue weighted by Crippen LogP contribution is -2.16. The van der Waals surface area contributed by atoms with Gasteiger partial charge in [-0.25, -0.2) is 0 Å². The van der Waals surface area contributed by atoms with Crippen molar-refractivity contribution >= 4 is 11.8 Å². The first-order valence-corrected chi connectivity index (χ1v) is 6.62. The SMILES string of the molecule is CCOCCc1noc(C2CSCC2O)n1. The number of rotatable bonds is 5. The van der Waals surface area contributed by atoms with Gasteiger partial charge in [0, 0.05) is 24.5 Å². The molecule has 0 aliphatic carbocycles. The Kier molecular flexibility index (Phi) is 4.20. The molecule has 16 heavy (non-hydrogen) atoms. The Bertz CT molecular complexity index is 332. The maximum absolute atomic E-state index is 9.69. The van der Waals surface area contributed by atoms with E-state index in [9.17, 15) is 5.11 Å². The fourth-order valence-corrected chi connectivity index (χ4v) is 2.83. The van der Waals surface area contributed by atoms with E-state index in [4.69, 9.17) is 9.26 Å². The van der Waals surface area contributed by atoms with Crippen LogP contribution in [0.2, 0.25) is 0 Å². The Morgan fingerprint density at radius 3 is 3.12 bits per heavy atom. The molecule has 0 radical (unpaired) electrons. The summed E-state index contributed by atoms with van der Waals surface area (Å²) in [5, 5.41) is 13.6. The number of hydrogen-bond donors (Lipinski definition) is 1. The molecule has 1 aliphatic heterocycles. The number of nitrogens with zero attached hydrogens (tertiary/aromatic N) is 2. The molecule has 1 N–H and O–H groups in total. The number of ether oxygens (including phenoxy) is 1. The number of aliphatic hydroxyl groups excluding tert-OH is 1. The fraction of sp³-hybridized carbons (Fsp3) is 0.800. The van der Waals surface area contributed by atoms with Gasteiger partial charge in [-0.2, -0.15) is 16.7 Å². The minimum absolute atomic E-state index is 0.00153. The molecule has 6 heteroatoms. The van der Waals surface area contributed by atoms with Gasteiger partial charge in [0.25, 0.3) is 0 Å². The lowest BCUT2D eigenvalue weighted by atomic mass is 10.1. The number of hydrogen-bond acceptors (Lipinski definition) is 6. The van der Waals surface area contributed by atoms with Crippen LogP contribution in [0, 0.1) is 0 Å². The van der Waals surface area contributed by atoms with Crippen LogP contribution in [-0.4, -0.2) is 46.1 Å². The fourth-order valence-electron chi connectivity index (χ4n) is 1.61. The van der Waals surface area contributed by atoms with Crippen LogP contribution < -0.4 is 0 Å². The highest BCUT2D eigenvalue weighted by Gasteiger charge is 2.31. The van der Waals surface area contributed by atoms with Crippen LogP contribution in [-0.2, 0) is 11.2 Å². The molecule has 2 heterocycles. The summed E-state index contributed by atoms with van der Waals surface area (Å²) in [6.07, 6.45) is 0.304. The van der Waals surface area contributed by atoms with Crippen molar-refractivity contribution in [3.63, 3.8) is 0 Å². The van der Waals surface area contributed by atoms with Gasteiger partial charge >= 0.3 is 0 Å². The average molecular weight is 244 g/mol. The van der Waals surface area contributed by atoms with E-state index in [0.717, 1.165) is 11.5 Å². The van der Waals surface area contributed by atoms with Crippen molar-refractivity contribution in [2.45, 2.75) is 25.4 Å². The molecule has 5 nitrogen and oxygen atoms in total. The molecule has 1 saturated heterocycles. The molecule has 2 atom stereocenters. The van der Waals surface area contributed by atoms with Crippen LogP contribution in [0.15, 0.2) is 4.52 Å². The molecule has 1 aliphatic rings. The van der Waals surface area contributed by atoms with Gasteiger partial charge in [0.05, 0.1) is 18.6 Å². The standard InChI is InChI=1S/C10H16N2O3S/c1-2-14-4-3-9-11-10(15-12-9)7-5-16-6-8(7)13/h7-8,13H,2-6H2,1H3. The van der Waals surface area contributed by atoms with Crippen LogP contribution >= 0.6 is 11.8 Å². The van der Waals surface area contributed by atoms with E-state index in [-0.39, 0.29) is 12.0 Å². The highest BCUT2D eigenvalue weighted by atomic mass is 32.2. The van der Waals surface area contributed by atoms with Gasteiger partial charge in [0.1, 0.15) is 0 Å². The van der Waals surface area contributed by atoms with Gasteiger partial charge < -0.3 is 14.4 Å². The summed E-state index contributed by atoms with van der Waals surface area (Å²) in [6, 6.07) is 0. The zero-order valence-corrected chi connectivity index (χ0v) is 10.1. The van der Waals surface area contributed by atoms with Crippen LogP contribution in [0.5, 0.6) is 0 Å². The highest BCUT2D eigenvalue weighted by molar-refractivity contribution is 7.99. The zero-order chi connectivity index (χ0) is 11.4. The van der Waals surface area contributed by atoms with Gasteiger partial charge in [0.2, 0.25) is 5.89 Å². The van der Waals surface area contributed by atoms with Gasteiger partial charge in [-0.1, -0.05) is 5.16 Å². The molecule has 0 aromatic carbocycles. The van der Waals surface area contributed by atoms with Crippen LogP contribution in [0.3, 0.4) is 0 Å². The smallest absolute Gasteiger partial charge is 0.233 e. The predicted octanol–water partition coefficient (Wildman–Crippen LogP) is 0.840. The molecular formula is C10H16N2O3S. The molecular weight excluding hydrogens is 228 g/mol. The molecule has 0 amide bonds. The van der Waals surface area contributed by atoms with Crippen molar-refractivity contribution in [2.75, 3.05) is 24.7 Å². The van der Waals surface area contributed by atoms with Crippen molar-refractivity contribution < 1.29 is 14.4 Å². The van der Waals surface area contributed by atoms with Gasteiger partial charge in [-0.05, 0) is 6.92 Å². The van der Waals surface area contributed by atoms with Crippen molar-refractivity contribution in [3.05, 3.63) is 11.7 Å². The average Bonchev–Trinajstić information content (AvgIpc) is 2.87. The highest BCUT2D eigenvalue weighted by Crippen LogP contribution is 2.31. The summed E-state index contributed by atoms with van der Waals surface area (Å²) in [5.74, 6) is 2.82. The third kappa shape index (κ3) is 2.75. The van der Waals surface area contributed by atoms with Gasteiger partial charge in [-0.15, -0.1) is 0 Å². The van der Waals surface area contributed by atoms with E-state index < -0.39 is 0 Å². The molecule has 1 aromatic heterocycles. The van der Waals surface area contributed by atoms with Crippen LogP contribution in [0.4, 0.5) is 0 Å². The number of aromatic nitrogens is 2. The summed E-state index contributed by atoms with van der Waals surface area (Å²) in [5.41, 5.74) is 0. The second kappa shape index (κ2) is 5.65. The van der Waals surface area contributed by atoms with Gasteiger partial charge in [-0.3, -0.25) is 0 Å². The second-order valence-electron chi connectivity index (χ2n) is 3.71. The topological polar surface area (TPSA) is 68.4 Å². The molecule has 0 saturated carbocycles. The maximum atomic E-state index is 9.69. The third-order valence-electron chi connectivity index (χ3n) is 2.53. The van der Waals surface area contributed by atoms with E-state index in [1.165, 1.54) is 0 Å². The maximum Gasteiger partial charge on any atom is 0.233 e. The summed E-state index contributed by atoms with van der Waals surface area (Å²) in [7, 11) is 0. The summed E-state index contributed by atoms with van der Waals surface area (Å²) < 4.78 is 10.4. The lowest BCUT2D eigenvalue weighted by Gasteiger charge is -2.06. The van der Waals surface area contributed by atoms with E-state index in [2.05, 4.69) is 10.1 Å². The largest absolute Gasteiger partial charge is 0.391 e. The molecule has 0 bridgehead atoms. The molecule has 2 unspecified atom stereocenters. The molecule has 0 spiro atoms. The van der Waals surface area contributed by atoms with E-state index in [1.807, 2.05) is 6.92 Å². The van der Waals surface area contributed by atoms with Crippen LogP contribution in [0.25, 0.3) is 0 Å². The Labute approximate surface area is 98.6 Å². The zero-order valence-electron chi connectivity index (χ0n) is 9.26. The molecule has 90 valence electrons. The van der Waals surface area contributed by atoms with Crippen LogP contribution in [0.1, 0.15) is 24.6 Å². The first kappa shape index (κ1) is 11.9.